The molecule has 0 radical (unpaired) electrons. The van der Waals surface area contributed by atoms with Gasteiger partial charge in [0, 0.05) is 18.4 Å². The van der Waals surface area contributed by atoms with Gasteiger partial charge in [0.15, 0.2) is 6.61 Å². The van der Waals surface area contributed by atoms with E-state index in [-0.39, 0.29) is 31.1 Å². The standard InChI is InChI=1S/C19H18F3NO5/c1-26-9-10-27-17(24)12-28-16-7-5-13(6-8-16)18(25)23-15-4-2-3-14(11-15)19(20,21)22/h2-8,11H,9-10,12H2,1H3,(H,23,25). The number of methoxy groups -OCH3 is 1. The first kappa shape index (κ1) is 21.2. The Hall–Kier alpha value is -3.07. The van der Waals surface area contributed by atoms with Crippen LogP contribution in [0.1, 0.15) is 15.9 Å². The minimum Gasteiger partial charge on any atom is -0.482 e. The van der Waals surface area contributed by atoms with E-state index in [4.69, 9.17) is 14.2 Å². The average molecular weight is 397 g/mol. The second kappa shape index (κ2) is 9.75. The maximum atomic E-state index is 12.7. The third kappa shape index (κ3) is 6.58. The van der Waals surface area contributed by atoms with E-state index in [2.05, 4.69) is 5.32 Å². The summed E-state index contributed by atoms with van der Waals surface area (Å²) in [4.78, 5) is 23.6. The van der Waals surface area contributed by atoms with E-state index in [0.717, 1.165) is 12.1 Å². The Morgan fingerprint density at radius 2 is 1.75 bits per heavy atom. The van der Waals surface area contributed by atoms with Crippen LogP contribution in [0.2, 0.25) is 0 Å². The van der Waals surface area contributed by atoms with Crippen molar-refractivity contribution in [2.45, 2.75) is 6.18 Å². The van der Waals surface area contributed by atoms with Crippen molar-refractivity contribution in [1.82, 2.24) is 0 Å². The normalized spacial score (nSPS) is 11.0. The molecule has 0 fully saturated rings. The van der Waals surface area contributed by atoms with Crippen molar-refractivity contribution < 1.29 is 37.0 Å². The fourth-order valence-corrected chi connectivity index (χ4v) is 2.10. The molecule has 0 saturated carbocycles. The van der Waals surface area contributed by atoms with Crippen LogP contribution in [0.4, 0.5) is 18.9 Å². The van der Waals surface area contributed by atoms with Gasteiger partial charge in [0.1, 0.15) is 12.4 Å². The van der Waals surface area contributed by atoms with Crippen LogP contribution in [0.15, 0.2) is 48.5 Å². The van der Waals surface area contributed by atoms with Crippen molar-refractivity contribution in [3.05, 3.63) is 59.7 Å². The SMILES string of the molecule is COCCOC(=O)COc1ccc(C(=O)Nc2cccc(C(F)(F)F)c2)cc1. The molecule has 9 heteroatoms. The first-order valence-electron chi connectivity index (χ1n) is 8.15. The second-order valence-corrected chi connectivity index (χ2v) is 5.56. The molecule has 28 heavy (non-hydrogen) atoms. The third-order valence-electron chi connectivity index (χ3n) is 3.47. The van der Waals surface area contributed by atoms with Crippen molar-refractivity contribution in [1.29, 1.82) is 0 Å². The number of carbonyl (C=O) groups excluding carboxylic acids is 2. The summed E-state index contributed by atoms with van der Waals surface area (Å²) in [6, 6.07) is 10.1. The minimum atomic E-state index is -4.50. The lowest BCUT2D eigenvalue weighted by molar-refractivity contribution is -0.147. The maximum Gasteiger partial charge on any atom is 0.416 e. The number of hydrogen-bond donors (Lipinski definition) is 1. The highest BCUT2D eigenvalue weighted by atomic mass is 19.4. The molecule has 0 aliphatic heterocycles. The molecule has 0 bridgehead atoms. The first-order valence-corrected chi connectivity index (χ1v) is 8.15. The van der Waals surface area contributed by atoms with E-state index in [1.54, 1.807) is 0 Å². The van der Waals surface area contributed by atoms with Crippen molar-refractivity contribution >= 4 is 17.6 Å². The van der Waals surface area contributed by atoms with E-state index in [0.29, 0.717) is 5.75 Å². The van der Waals surface area contributed by atoms with E-state index in [9.17, 15) is 22.8 Å². The molecule has 6 nitrogen and oxygen atoms in total. The number of rotatable bonds is 8. The summed E-state index contributed by atoms with van der Waals surface area (Å²) in [6.45, 7) is 0.0915. The topological polar surface area (TPSA) is 73.9 Å². The summed E-state index contributed by atoms with van der Waals surface area (Å²) in [5, 5.41) is 2.40. The molecule has 0 spiro atoms. The van der Waals surface area contributed by atoms with Crippen LogP contribution >= 0.6 is 0 Å². The van der Waals surface area contributed by atoms with Gasteiger partial charge in [-0.2, -0.15) is 13.2 Å². The van der Waals surface area contributed by atoms with Gasteiger partial charge in [0.25, 0.3) is 5.91 Å². The number of benzene rings is 2. The zero-order valence-corrected chi connectivity index (χ0v) is 14.9. The summed E-state index contributed by atoms with van der Waals surface area (Å²) in [5.74, 6) is -0.812. The van der Waals surface area contributed by atoms with Crippen molar-refractivity contribution in [3.63, 3.8) is 0 Å². The zero-order valence-electron chi connectivity index (χ0n) is 14.9. The van der Waals surface area contributed by atoms with E-state index in [1.807, 2.05) is 0 Å². The van der Waals surface area contributed by atoms with Gasteiger partial charge < -0.3 is 19.5 Å². The van der Waals surface area contributed by atoms with Crippen LogP contribution in [0.25, 0.3) is 0 Å². The Kier molecular flexibility index (Phi) is 7.39. The maximum absolute atomic E-state index is 12.7. The number of alkyl halides is 3. The molecule has 1 N–H and O–H groups in total. The van der Waals surface area contributed by atoms with Gasteiger partial charge >= 0.3 is 12.1 Å². The molecule has 2 aromatic rings. The van der Waals surface area contributed by atoms with Crippen LogP contribution in [-0.2, 0) is 20.4 Å². The molecule has 0 aliphatic rings. The van der Waals surface area contributed by atoms with Crippen molar-refractivity contribution in [2.24, 2.45) is 0 Å². The average Bonchev–Trinajstić information content (AvgIpc) is 2.66. The Morgan fingerprint density at radius 3 is 2.39 bits per heavy atom. The molecule has 2 aromatic carbocycles. The highest BCUT2D eigenvalue weighted by Crippen LogP contribution is 2.30. The highest BCUT2D eigenvalue weighted by Gasteiger charge is 2.30. The van der Waals surface area contributed by atoms with Crippen LogP contribution in [0.5, 0.6) is 5.75 Å². The molecule has 2 rings (SSSR count). The Morgan fingerprint density at radius 1 is 1.04 bits per heavy atom. The number of esters is 1. The number of ether oxygens (including phenoxy) is 3. The molecular formula is C19H18F3NO5. The number of nitrogens with one attached hydrogen (secondary N) is 1. The molecule has 0 aliphatic carbocycles. The monoisotopic (exact) mass is 397 g/mol. The smallest absolute Gasteiger partial charge is 0.416 e. The van der Waals surface area contributed by atoms with E-state index < -0.39 is 23.6 Å². The summed E-state index contributed by atoms with van der Waals surface area (Å²) in [5.41, 5.74) is -0.613. The van der Waals surface area contributed by atoms with Crippen LogP contribution in [0, 0.1) is 0 Å². The molecule has 0 atom stereocenters. The molecule has 0 heterocycles. The molecular weight excluding hydrogens is 379 g/mol. The quantitative estimate of drug-likeness (QED) is 0.545. The Balaban J connectivity index is 1.91. The fourth-order valence-electron chi connectivity index (χ4n) is 2.10. The van der Waals surface area contributed by atoms with E-state index >= 15 is 0 Å². The Bertz CT molecular complexity index is 806. The van der Waals surface area contributed by atoms with Crippen molar-refractivity contribution in [2.75, 3.05) is 32.2 Å². The number of amides is 1. The molecule has 1 amide bonds. The largest absolute Gasteiger partial charge is 0.482 e. The van der Waals surface area contributed by atoms with Gasteiger partial charge in [0.2, 0.25) is 0 Å². The van der Waals surface area contributed by atoms with Crippen LogP contribution in [-0.4, -0.2) is 38.8 Å². The van der Waals surface area contributed by atoms with Gasteiger partial charge in [-0.3, -0.25) is 4.79 Å². The van der Waals surface area contributed by atoms with E-state index in [1.165, 1.54) is 43.5 Å². The highest BCUT2D eigenvalue weighted by molar-refractivity contribution is 6.04. The number of halogens is 3. The lowest BCUT2D eigenvalue weighted by atomic mass is 10.1. The predicted octanol–water partition coefficient (Wildman–Crippen LogP) is 3.53. The lowest BCUT2D eigenvalue weighted by Crippen LogP contribution is -2.17. The Labute approximate surface area is 159 Å². The third-order valence-corrected chi connectivity index (χ3v) is 3.47. The van der Waals surface area contributed by atoms with Gasteiger partial charge in [0.05, 0.1) is 12.2 Å². The molecule has 0 aromatic heterocycles. The first-order chi connectivity index (χ1) is 13.3. The summed E-state index contributed by atoms with van der Waals surface area (Å²) < 4.78 is 53.0. The minimum absolute atomic E-state index is 0.0268. The van der Waals surface area contributed by atoms with Crippen LogP contribution in [0.3, 0.4) is 0 Å². The molecule has 0 unspecified atom stereocenters. The second-order valence-electron chi connectivity index (χ2n) is 5.56. The lowest BCUT2D eigenvalue weighted by Gasteiger charge is -2.10. The van der Waals surface area contributed by atoms with Gasteiger partial charge in [-0.05, 0) is 42.5 Å². The van der Waals surface area contributed by atoms with Crippen LogP contribution < -0.4 is 10.1 Å². The molecule has 150 valence electrons. The fraction of sp³-hybridized carbons (Fsp3) is 0.263. The summed E-state index contributed by atoms with van der Waals surface area (Å²) >= 11 is 0. The zero-order chi connectivity index (χ0) is 20.6. The summed E-state index contributed by atoms with van der Waals surface area (Å²) in [7, 11) is 1.48. The summed E-state index contributed by atoms with van der Waals surface area (Å²) in [6.07, 6.45) is -4.50. The van der Waals surface area contributed by atoms with Gasteiger partial charge in [-0.25, -0.2) is 4.79 Å². The number of carbonyl (C=O) groups is 2. The van der Waals surface area contributed by atoms with Gasteiger partial charge in [-0.1, -0.05) is 6.07 Å². The number of anilines is 1. The predicted molar refractivity (Wildman–Crippen MR) is 94.2 cm³/mol. The molecule has 0 saturated heterocycles. The van der Waals surface area contributed by atoms with Crippen molar-refractivity contribution in [3.8, 4) is 5.75 Å². The number of hydrogen-bond acceptors (Lipinski definition) is 5. The van der Waals surface area contributed by atoms with Gasteiger partial charge in [-0.15, -0.1) is 0 Å².